The Bertz CT molecular complexity index is 1140. The largest absolute Gasteiger partial charge is 0.463 e. The van der Waals surface area contributed by atoms with E-state index in [9.17, 15) is 35.0 Å². The molecule has 0 N–H and O–H groups in total. The van der Waals surface area contributed by atoms with E-state index in [2.05, 4.69) is 20.1 Å². The quantitative estimate of drug-likeness (QED) is 0.0962. The van der Waals surface area contributed by atoms with Gasteiger partial charge in [-0.25, -0.2) is 0 Å². The highest BCUT2D eigenvalue weighted by atomic mass is 16.7. The molecule has 2 rings (SSSR count). The molecule has 0 bridgehead atoms. The summed E-state index contributed by atoms with van der Waals surface area (Å²) in [5.74, 6) is -3.97. The molecule has 2 aliphatic heterocycles. The summed E-state index contributed by atoms with van der Waals surface area (Å²) in [6, 6.07) is -2.97. The van der Waals surface area contributed by atoms with Crippen LogP contribution in [0.15, 0.2) is 10.2 Å². The minimum atomic E-state index is -1.71. The average molecular weight is 617 g/mol. The number of carbonyl (C=O) groups is 5. The number of hydrogen-bond donors (Lipinski definition) is 0. The van der Waals surface area contributed by atoms with E-state index in [-0.39, 0.29) is 0 Å². The van der Waals surface area contributed by atoms with Gasteiger partial charge in [-0.3, -0.25) is 24.0 Å². The zero-order valence-electron chi connectivity index (χ0n) is 24.1. The van der Waals surface area contributed by atoms with E-state index in [1.165, 1.54) is 7.11 Å². The summed E-state index contributed by atoms with van der Waals surface area (Å²) in [4.78, 5) is 64.8. The first-order chi connectivity index (χ1) is 20.3. The number of rotatable bonds is 12. The lowest BCUT2D eigenvalue weighted by Gasteiger charge is -2.48. The first-order valence-corrected chi connectivity index (χ1v) is 12.7. The zero-order chi connectivity index (χ0) is 32.3. The topological polar surface area (TPSA) is 266 Å². The van der Waals surface area contributed by atoms with Crippen LogP contribution in [0.3, 0.4) is 0 Å². The molecular formula is C23H32N6O14. The van der Waals surface area contributed by atoms with Gasteiger partial charge >= 0.3 is 29.8 Å². The van der Waals surface area contributed by atoms with Gasteiger partial charge in [0, 0.05) is 51.6 Å². The van der Waals surface area contributed by atoms with E-state index in [0.29, 0.717) is 0 Å². The third-order valence-electron chi connectivity index (χ3n) is 5.93. The van der Waals surface area contributed by atoms with E-state index < -0.39 is 104 Å². The third-order valence-corrected chi connectivity index (χ3v) is 5.93. The van der Waals surface area contributed by atoms with Crippen LogP contribution in [-0.2, 0) is 66.6 Å². The molecule has 43 heavy (non-hydrogen) atoms. The number of carbonyl (C=O) groups excluding carboxylic acids is 5. The Hall–Kier alpha value is -4.19. The standard InChI is InChI=1S/C23H32N6O14/c1-9(30)36-7-14-19(39-12(4)33)21(16(26-28-24)22(35-6)41-14)43-23-17(27-29-25)20(40-13(5)34)18(38-11(3)32)15(42-23)8-37-10(2)31/h14-23H,7-8H2,1-6H3/t14-,15-,16-,17-,18+,19+,20-,21-,22-,23-/m1/s1. The molecule has 0 aliphatic carbocycles. The van der Waals surface area contributed by atoms with E-state index in [1.54, 1.807) is 0 Å². The minimum Gasteiger partial charge on any atom is -0.463 e. The van der Waals surface area contributed by atoms with Crippen molar-refractivity contribution in [3.8, 4) is 0 Å². The summed E-state index contributed by atoms with van der Waals surface area (Å²) < 4.78 is 49.3. The van der Waals surface area contributed by atoms with E-state index in [4.69, 9.17) is 42.6 Å². The van der Waals surface area contributed by atoms with Crippen LogP contribution in [0.2, 0.25) is 0 Å². The lowest BCUT2D eigenvalue weighted by molar-refractivity contribution is -0.324. The van der Waals surface area contributed by atoms with Gasteiger partial charge in [0.15, 0.2) is 30.9 Å². The average Bonchev–Trinajstić information content (AvgIpc) is 2.91. The first kappa shape index (κ1) is 35.0. The molecule has 2 heterocycles. The maximum absolute atomic E-state index is 12.1. The molecule has 2 saturated heterocycles. The van der Waals surface area contributed by atoms with Crippen LogP contribution in [0.1, 0.15) is 34.6 Å². The lowest BCUT2D eigenvalue weighted by Crippen LogP contribution is -2.65. The van der Waals surface area contributed by atoms with E-state index >= 15 is 0 Å². The molecule has 0 saturated carbocycles. The highest BCUT2D eigenvalue weighted by molar-refractivity contribution is 5.68. The number of azide groups is 2. The van der Waals surface area contributed by atoms with Gasteiger partial charge in [0.05, 0.1) is 0 Å². The van der Waals surface area contributed by atoms with Gasteiger partial charge in [0.25, 0.3) is 0 Å². The molecule has 238 valence electrons. The predicted molar refractivity (Wildman–Crippen MR) is 135 cm³/mol. The Morgan fingerprint density at radius 3 is 1.42 bits per heavy atom. The third kappa shape index (κ3) is 9.95. The van der Waals surface area contributed by atoms with E-state index in [1.807, 2.05) is 0 Å². The van der Waals surface area contributed by atoms with Crippen molar-refractivity contribution in [2.45, 2.75) is 95.9 Å². The van der Waals surface area contributed by atoms with Crippen molar-refractivity contribution in [2.75, 3.05) is 20.3 Å². The van der Waals surface area contributed by atoms with Gasteiger partial charge in [-0.05, 0) is 11.1 Å². The Morgan fingerprint density at radius 2 is 1.02 bits per heavy atom. The zero-order valence-corrected chi connectivity index (χ0v) is 24.1. The SMILES string of the molecule is CO[C@@H]1O[C@H](COC(C)=O)[C@H](OC(C)=O)[C@H](O[C@H]2O[C@H](COC(C)=O)[C@H](OC(C)=O)[C@H](OC(C)=O)[C@H]2N=[N+]=[N-])[C@H]1N=[N+]=[N-]. The van der Waals surface area contributed by atoms with Crippen molar-refractivity contribution in [3.63, 3.8) is 0 Å². The van der Waals surface area contributed by atoms with Gasteiger partial charge in [-0.2, -0.15) is 0 Å². The molecule has 0 radical (unpaired) electrons. The van der Waals surface area contributed by atoms with Gasteiger partial charge in [0.2, 0.25) is 0 Å². The monoisotopic (exact) mass is 616 g/mol. The van der Waals surface area contributed by atoms with Crippen LogP contribution in [0.25, 0.3) is 20.9 Å². The Labute approximate surface area is 244 Å². The number of hydrogen-bond acceptors (Lipinski definition) is 16. The van der Waals surface area contributed by atoms with E-state index in [0.717, 1.165) is 34.6 Å². The van der Waals surface area contributed by atoms with Crippen molar-refractivity contribution in [2.24, 2.45) is 10.2 Å². The summed E-state index contributed by atoms with van der Waals surface area (Å²) in [5.41, 5.74) is 18.6. The Morgan fingerprint density at radius 1 is 0.628 bits per heavy atom. The Balaban J connectivity index is 2.66. The normalized spacial score (nSPS) is 31.7. The predicted octanol–water partition coefficient (Wildman–Crippen LogP) is 0.747. The molecule has 0 aromatic heterocycles. The van der Waals surface area contributed by atoms with Crippen LogP contribution in [0.5, 0.6) is 0 Å². The van der Waals surface area contributed by atoms with Crippen molar-refractivity contribution >= 4 is 29.8 Å². The smallest absolute Gasteiger partial charge is 0.303 e. The van der Waals surface area contributed by atoms with Crippen LogP contribution < -0.4 is 0 Å². The van der Waals surface area contributed by atoms with Crippen molar-refractivity contribution in [1.82, 2.24) is 0 Å². The number of ether oxygens (including phenoxy) is 9. The second kappa shape index (κ2) is 16.4. The van der Waals surface area contributed by atoms with Gasteiger partial charge in [-0.1, -0.05) is 10.2 Å². The second-order valence-corrected chi connectivity index (χ2v) is 9.14. The summed E-state index contributed by atoms with van der Waals surface area (Å²) >= 11 is 0. The Kier molecular flexibility index (Phi) is 13.4. The highest BCUT2D eigenvalue weighted by Crippen LogP contribution is 2.35. The molecule has 20 heteroatoms. The molecule has 10 atom stereocenters. The van der Waals surface area contributed by atoms with Crippen LogP contribution >= 0.6 is 0 Å². The fraction of sp³-hybridized carbons (Fsp3) is 0.783. The molecule has 0 spiro atoms. The fourth-order valence-electron chi connectivity index (χ4n) is 4.43. The summed E-state index contributed by atoms with van der Waals surface area (Å²) in [7, 11) is 1.21. The molecule has 0 aromatic rings. The molecule has 2 aliphatic rings. The van der Waals surface area contributed by atoms with Crippen molar-refractivity contribution < 1.29 is 66.6 Å². The molecule has 0 aromatic carbocycles. The second-order valence-electron chi connectivity index (χ2n) is 9.14. The van der Waals surface area contributed by atoms with Crippen molar-refractivity contribution in [3.05, 3.63) is 20.9 Å². The van der Waals surface area contributed by atoms with Crippen LogP contribution in [-0.4, -0.2) is 111 Å². The summed E-state index contributed by atoms with van der Waals surface area (Å²) in [6.45, 7) is 4.41. The summed E-state index contributed by atoms with van der Waals surface area (Å²) in [5, 5.41) is 7.30. The molecule has 20 nitrogen and oxygen atoms in total. The number of methoxy groups -OCH3 is 1. The molecule has 0 unspecified atom stereocenters. The van der Waals surface area contributed by atoms with Gasteiger partial charge in [0.1, 0.15) is 43.6 Å². The number of esters is 5. The minimum absolute atomic E-state index is 0.457. The number of nitrogens with zero attached hydrogens (tertiary/aromatic N) is 6. The maximum Gasteiger partial charge on any atom is 0.303 e. The van der Waals surface area contributed by atoms with Gasteiger partial charge in [-0.15, -0.1) is 0 Å². The fourth-order valence-corrected chi connectivity index (χ4v) is 4.43. The molecular weight excluding hydrogens is 584 g/mol. The first-order valence-electron chi connectivity index (χ1n) is 12.7. The molecule has 0 amide bonds. The highest BCUT2D eigenvalue weighted by Gasteiger charge is 2.55. The molecule has 2 fully saturated rings. The van der Waals surface area contributed by atoms with Crippen LogP contribution in [0, 0.1) is 0 Å². The summed E-state index contributed by atoms with van der Waals surface area (Å²) in [6.07, 6.45) is -11.6. The van der Waals surface area contributed by atoms with Crippen LogP contribution in [0.4, 0.5) is 0 Å². The maximum atomic E-state index is 12.1. The van der Waals surface area contributed by atoms with Gasteiger partial charge < -0.3 is 42.6 Å². The van der Waals surface area contributed by atoms with Crippen molar-refractivity contribution in [1.29, 1.82) is 0 Å². The lowest BCUT2D eigenvalue weighted by atomic mass is 9.94.